The Labute approximate surface area is 173 Å². The molecule has 29 heavy (non-hydrogen) atoms. The lowest BCUT2D eigenvalue weighted by Crippen LogP contribution is -2.48. The molecule has 0 saturated carbocycles. The molecular weight excluding hydrogens is 396 g/mol. The average molecular weight is 423 g/mol. The number of thioether (sulfide) groups is 1. The van der Waals surface area contributed by atoms with Crippen LogP contribution in [0.4, 0.5) is 4.79 Å². The number of benzene rings is 1. The standard InChI is InChI=1S/C19H26N4O5S/c1-22-7-9-23(10-8-22)19(27)28-14-4-2-13(3-5-14)12-15(18(25)26)21-16(24)17-20-6-11-29-17/h2-5,15,17,20H,6-12H2,1H3,(H,21,24)(H,25,26)/t15-,17-/m0/s1. The molecule has 3 rings (SSSR count). The van der Waals surface area contributed by atoms with Gasteiger partial charge in [-0.05, 0) is 24.7 Å². The maximum atomic E-state index is 12.2. The number of hydrogen-bond acceptors (Lipinski definition) is 7. The molecule has 2 saturated heterocycles. The van der Waals surface area contributed by atoms with E-state index in [0.29, 0.717) is 18.8 Å². The number of piperazine rings is 1. The molecule has 9 nitrogen and oxygen atoms in total. The van der Waals surface area contributed by atoms with E-state index in [1.54, 1.807) is 29.2 Å². The summed E-state index contributed by atoms with van der Waals surface area (Å²) in [5.41, 5.74) is 0.726. The Morgan fingerprint density at radius 1 is 1.24 bits per heavy atom. The number of ether oxygens (including phenoxy) is 1. The highest BCUT2D eigenvalue weighted by Gasteiger charge is 2.28. The topological polar surface area (TPSA) is 111 Å². The van der Waals surface area contributed by atoms with Crippen LogP contribution in [0.25, 0.3) is 0 Å². The number of nitrogens with one attached hydrogen (secondary N) is 2. The van der Waals surface area contributed by atoms with Crippen LogP contribution in [0.15, 0.2) is 24.3 Å². The number of carboxylic acid groups (broad SMARTS) is 1. The second kappa shape index (κ2) is 9.95. The predicted octanol–water partition coefficient (Wildman–Crippen LogP) is 0.207. The van der Waals surface area contributed by atoms with Gasteiger partial charge in [-0.25, -0.2) is 9.59 Å². The number of likely N-dealkylation sites (N-methyl/N-ethyl adjacent to an activating group) is 1. The fourth-order valence-corrected chi connectivity index (χ4v) is 4.05. The van der Waals surface area contributed by atoms with E-state index in [0.717, 1.165) is 31.0 Å². The average Bonchev–Trinajstić information content (AvgIpc) is 3.24. The van der Waals surface area contributed by atoms with Gasteiger partial charge in [0, 0.05) is 44.9 Å². The Morgan fingerprint density at radius 2 is 1.93 bits per heavy atom. The number of carboxylic acids is 1. The Bertz CT molecular complexity index is 731. The third kappa shape index (κ3) is 6.09. The lowest BCUT2D eigenvalue weighted by atomic mass is 10.1. The van der Waals surface area contributed by atoms with Gasteiger partial charge in [0.25, 0.3) is 0 Å². The molecule has 10 heteroatoms. The molecule has 0 bridgehead atoms. The zero-order chi connectivity index (χ0) is 20.8. The van der Waals surface area contributed by atoms with Gasteiger partial charge in [0.05, 0.1) is 0 Å². The number of rotatable bonds is 6. The first kappa shape index (κ1) is 21.4. The molecule has 2 fully saturated rings. The molecule has 2 amide bonds. The van der Waals surface area contributed by atoms with Crippen molar-refractivity contribution in [2.24, 2.45) is 0 Å². The van der Waals surface area contributed by atoms with Crippen LogP contribution in [0.1, 0.15) is 5.56 Å². The minimum absolute atomic E-state index is 0.144. The molecule has 2 atom stereocenters. The van der Waals surface area contributed by atoms with Gasteiger partial charge in [0.2, 0.25) is 5.91 Å². The Kier molecular flexibility index (Phi) is 7.34. The summed E-state index contributed by atoms with van der Waals surface area (Å²) in [5, 5.41) is 14.6. The third-order valence-corrected chi connectivity index (χ3v) is 6.05. The quantitative estimate of drug-likeness (QED) is 0.597. The van der Waals surface area contributed by atoms with E-state index < -0.39 is 17.4 Å². The van der Waals surface area contributed by atoms with Crippen LogP contribution in [0.3, 0.4) is 0 Å². The van der Waals surface area contributed by atoms with Crippen molar-refractivity contribution in [2.45, 2.75) is 17.8 Å². The van der Waals surface area contributed by atoms with E-state index in [-0.39, 0.29) is 18.4 Å². The Morgan fingerprint density at radius 3 is 2.52 bits per heavy atom. The monoisotopic (exact) mass is 422 g/mol. The largest absolute Gasteiger partial charge is 0.480 e. The number of hydrogen-bond donors (Lipinski definition) is 3. The highest BCUT2D eigenvalue weighted by Crippen LogP contribution is 2.17. The summed E-state index contributed by atoms with van der Waals surface area (Å²) in [6.45, 7) is 3.61. The molecule has 2 heterocycles. The molecule has 1 aromatic rings. The normalized spacial score (nSPS) is 20.9. The Balaban J connectivity index is 1.53. The second-order valence-electron chi connectivity index (χ2n) is 7.11. The first-order chi connectivity index (χ1) is 13.9. The van der Waals surface area contributed by atoms with Crippen LogP contribution in [-0.4, -0.2) is 89.8 Å². The van der Waals surface area contributed by atoms with Gasteiger partial charge in [-0.15, -0.1) is 11.8 Å². The number of carbonyl (C=O) groups is 3. The van der Waals surface area contributed by atoms with Crippen molar-refractivity contribution in [3.63, 3.8) is 0 Å². The summed E-state index contributed by atoms with van der Waals surface area (Å²) >= 11 is 1.46. The van der Waals surface area contributed by atoms with Crippen molar-refractivity contribution in [2.75, 3.05) is 45.5 Å². The number of aliphatic carboxylic acids is 1. The fourth-order valence-electron chi connectivity index (χ4n) is 3.13. The molecule has 0 aromatic heterocycles. The number of amides is 2. The fraction of sp³-hybridized carbons (Fsp3) is 0.526. The molecule has 158 valence electrons. The van der Waals surface area contributed by atoms with E-state index >= 15 is 0 Å². The second-order valence-corrected chi connectivity index (χ2v) is 8.32. The van der Waals surface area contributed by atoms with Crippen LogP contribution in [-0.2, 0) is 16.0 Å². The molecule has 0 unspecified atom stereocenters. The lowest BCUT2D eigenvalue weighted by molar-refractivity contribution is -0.141. The van der Waals surface area contributed by atoms with Gasteiger partial charge in [-0.3, -0.25) is 10.1 Å². The van der Waals surface area contributed by atoms with Gasteiger partial charge < -0.3 is 25.0 Å². The van der Waals surface area contributed by atoms with Crippen molar-refractivity contribution in [3.05, 3.63) is 29.8 Å². The molecular formula is C19H26N4O5S. The molecule has 3 N–H and O–H groups in total. The van der Waals surface area contributed by atoms with Crippen LogP contribution in [0, 0.1) is 0 Å². The summed E-state index contributed by atoms with van der Waals surface area (Å²) in [5.74, 6) is -0.186. The number of nitrogens with zero attached hydrogens (tertiary/aromatic N) is 2. The summed E-state index contributed by atoms with van der Waals surface area (Å²) in [7, 11) is 2.01. The minimum atomic E-state index is -1.09. The van der Waals surface area contributed by atoms with Crippen molar-refractivity contribution in [1.29, 1.82) is 0 Å². The summed E-state index contributed by atoms with van der Waals surface area (Å²) in [4.78, 5) is 39.8. The molecule has 0 spiro atoms. The van der Waals surface area contributed by atoms with Gasteiger partial charge in [0.15, 0.2) is 0 Å². The third-order valence-electron chi connectivity index (χ3n) is 4.90. The summed E-state index contributed by atoms with van der Waals surface area (Å²) in [6, 6.07) is 5.66. The molecule has 0 radical (unpaired) electrons. The molecule has 2 aliphatic heterocycles. The highest BCUT2D eigenvalue weighted by atomic mass is 32.2. The zero-order valence-electron chi connectivity index (χ0n) is 16.3. The van der Waals surface area contributed by atoms with Crippen molar-refractivity contribution in [3.8, 4) is 5.75 Å². The van der Waals surface area contributed by atoms with E-state index in [4.69, 9.17) is 4.74 Å². The molecule has 1 aromatic carbocycles. The summed E-state index contributed by atoms with van der Waals surface area (Å²) < 4.78 is 5.40. The zero-order valence-corrected chi connectivity index (χ0v) is 17.1. The predicted molar refractivity (Wildman–Crippen MR) is 109 cm³/mol. The smallest absolute Gasteiger partial charge is 0.415 e. The van der Waals surface area contributed by atoms with Crippen LogP contribution in [0.2, 0.25) is 0 Å². The maximum absolute atomic E-state index is 12.2. The van der Waals surface area contributed by atoms with E-state index in [2.05, 4.69) is 15.5 Å². The van der Waals surface area contributed by atoms with Crippen molar-refractivity contribution >= 4 is 29.7 Å². The van der Waals surface area contributed by atoms with Crippen LogP contribution >= 0.6 is 11.8 Å². The minimum Gasteiger partial charge on any atom is -0.480 e. The SMILES string of the molecule is CN1CCN(C(=O)Oc2ccc(C[C@H](NC(=O)[C@H]3NCCS3)C(=O)O)cc2)CC1. The first-order valence-electron chi connectivity index (χ1n) is 9.55. The summed E-state index contributed by atoms with van der Waals surface area (Å²) in [6.07, 6.45) is -0.242. The van der Waals surface area contributed by atoms with Crippen molar-refractivity contribution < 1.29 is 24.2 Å². The molecule has 0 aliphatic carbocycles. The van der Waals surface area contributed by atoms with Crippen molar-refractivity contribution in [1.82, 2.24) is 20.4 Å². The van der Waals surface area contributed by atoms with E-state index in [1.165, 1.54) is 11.8 Å². The lowest BCUT2D eigenvalue weighted by Gasteiger charge is -2.31. The van der Waals surface area contributed by atoms with Gasteiger partial charge in [-0.1, -0.05) is 12.1 Å². The maximum Gasteiger partial charge on any atom is 0.415 e. The van der Waals surface area contributed by atoms with Gasteiger partial charge in [-0.2, -0.15) is 0 Å². The van der Waals surface area contributed by atoms with Crippen LogP contribution < -0.4 is 15.4 Å². The molecule has 2 aliphatic rings. The first-order valence-corrected chi connectivity index (χ1v) is 10.6. The van der Waals surface area contributed by atoms with Crippen LogP contribution in [0.5, 0.6) is 5.75 Å². The van der Waals surface area contributed by atoms with E-state index in [9.17, 15) is 19.5 Å². The van der Waals surface area contributed by atoms with E-state index in [1.807, 2.05) is 7.05 Å². The van der Waals surface area contributed by atoms with Gasteiger partial charge >= 0.3 is 12.1 Å². The number of carbonyl (C=O) groups excluding carboxylic acids is 2. The highest BCUT2D eigenvalue weighted by molar-refractivity contribution is 8.00. The van der Waals surface area contributed by atoms with Gasteiger partial charge in [0.1, 0.15) is 17.2 Å². The Hall–Kier alpha value is -2.30.